The molecule has 1 N–H and O–H groups in total. The van der Waals surface area contributed by atoms with Crippen LogP contribution in [0.4, 0.5) is 5.13 Å². The third-order valence-electron chi connectivity index (χ3n) is 5.95. The number of ether oxygens (including phenoxy) is 1. The minimum Gasteiger partial charge on any atom is -0.507 e. The summed E-state index contributed by atoms with van der Waals surface area (Å²) >= 11 is 0.974. The molecule has 0 saturated carbocycles. The molecule has 1 aliphatic heterocycles. The topological polar surface area (TPSA) is 96.8 Å². The van der Waals surface area contributed by atoms with Gasteiger partial charge in [0.05, 0.1) is 24.4 Å². The van der Waals surface area contributed by atoms with E-state index in [9.17, 15) is 19.5 Å². The van der Waals surface area contributed by atoms with Crippen LogP contribution in [0.25, 0.3) is 5.76 Å². The highest BCUT2D eigenvalue weighted by molar-refractivity contribution is 7.17. The predicted molar refractivity (Wildman–Crippen MR) is 135 cm³/mol. The normalized spacial score (nSPS) is 17.6. The van der Waals surface area contributed by atoms with Crippen LogP contribution < -0.4 is 4.90 Å². The number of methoxy groups -OCH3 is 1. The smallest absolute Gasteiger partial charge is 0.350 e. The van der Waals surface area contributed by atoms with Crippen molar-refractivity contribution >= 4 is 39.9 Å². The van der Waals surface area contributed by atoms with Crippen molar-refractivity contribution in [3.05, 3.63) is 87.4 Å². The number of aliphatic hydroxyl groups excluding tert-OH is 1. The van der Waals surface area contributed by atoms with Crippen molar-refractivity contribution in [1.82, 2.24) is 4.98 Å². The molecule has 1 aromatic heterocycles. The second-order valence-electron chi connectivity index (χ2n) is 9.31. The highest BCUT2D eigenvalue weighted by Crippen LogP contribution is 2.44. The number of Topliss-reactive ketones (excluding diaryl/α,β-unsaturated/α-hetero) is 1. The number of thiazole rings is 1. The van der Waals surface area contributed by atoms with Gasteiger partial charge in [-0.3, -0.25) is 14.5 Å². The average Bonchev–Trinajstić information content (AvgIpc) is 3.35. The molecule has 2 heterocycles. The van der Waals surface area contributed by atoms with E-state index in [4.69, 9.17) is 4.74 Å². The highest BCUT2D eigenvalue weighted by atomic mass is 32.1. The number of carbonyl (C=O) groups is 3. The Labute approximate surface area is 207 Å². The van der Waals surface area contributed by atoms with Crippen LogP contribution in [-0.4, -0.2) is 34.9 Å². The Hall–Kier alpha value is -3.78. The van der Waals surface area contributed by atoms with Gasteiger partial charge in [0, 0.05) is 5.56 Å². The molecule has 2 aromatic carbocycles. The van der Waals surface area contributed by atoms with Crippen LogP contribution in [-0.2, 0) is 19.7 Å². The summed E-state index contributed by atoms with van der Waals surface area (Å²) < 4.78 is 4.83. The lowest BCUT2D eigenvalue weighted by Gasteiger charge is -2.24. The van der Waals surface area contributed by atoms with E-state index in [1.165, 1.54) is 12.0 Å². The molecule has 1 saturated heterocycles. The summed E-state index contributed by atoms with van der Waals surface area (Å²) in [7, 11) is 1.27. The van der Waals surface area contributed by atoms with Crippen LogP contribution in [0.3, 0.4) is 0 Å². The van der Waals surface area contributed by atoms with Crippen molar-refractivity contribution in [2.45, 2.75) is 39.2 Å². The molecule has 1 amide bonds. The molecular weight excluding hydrogens is 464 g/mol. The molecule has 4 rings (SSSR count). The first-order chi connectivity index (χ1) is 16.5. The largest absolute Gasteiger partial charge is 0.507 e. The van der Waals surface area contributed by atoms with Gasteiger partial charge >= 0.3 is 11.9 Å². The van der Waals surface area contributed by atoms with Crippen LogP contribution in [0.5, 0.6) is 0 Å². The molecule has 1 aliphatic rings. The lowest BCUT2D eigenvalue weighted by molar-refractivity contribution is -0.132. The number of esters is 1. The molecule has 1 atom stereocenters. The Bertz CT molecular complexity index is 1330. The Balaban J connectivity index is 1.93. The van der Waals surface area contributed by atoms with Crippen molar-refractivity contribution < 1.29 is 24.2 Å². The van der Waals surface area contributed by atoms with E-state index >= 15 is 0 Å². The van der Waals surface area contributed by atoms with Gasteiger partial charge in [-0.15, -0.1) is 0 Å². The van der Waals surface area contributed by atoms with Gasteiger partial charge in [-0.25, -0.2) is 9.78 Å². The number of aryl methyl sites for hydroxylation is 1. The molecule has 8 heteroatoms. The summed E-state index contributed by atoms with van der Waals surface area (Å²) in [6.07, 6.45) is 0. The number of aliphatic hydroxyl groups is 1. The summed E-state index contributed by atoms with van der Waals surface area (Å²) in [5, 5.41) is 11.3. The molecule has 0 aliphatic carbocycles. The van der Waals surface area contributed by atoms with Gasteiger partial charge in [-0.1, -0.05) is 86.7 Å². The Morgan fingerprint density at radius 3 is 2.26 bits per heavy atom. The molecule has 0 spiro atoms. The number of carbonyl (C=O) groups excluding carboxylic acids is 3. The van der Waals surface area contributed by atoms with Crippen LogP contribution >= 0.6 is 11.3 Å². The number of nitrogens with zero attached hydrogens (tertiary/aromatic N) is 2. The van der Waals surface area contributed by atoms with Crippen molar-refractivity contribution in [3.8, 4) is 0 Å². The second kappa shape index (κ2) is 9.11. The lowest BCUT2D eigenvalue weighted by atomic mass is 9.85. The maximum Gasteiger partial charge on any atom is 0.350 e. The van der Waals surface area contributed by atoms with E-state index in [2.05, 4.69) is 25.8 Å². The number of amides is 1. The van der Waals surface area contributed by atoms with E-state index in [0.29, 0.717) is 16.8 Å². The number of aromatic nitrogens is 1. The third kappa shape index (κ3) is 4.37. The van der Waals surface area contributed by atoms with Crippen molar-refractivity contribution in [1.29, 1.82) is 0 Å². The van der Waals surface area contributed by atoms with Gasteiger partial charge in [0.1, 0.15) is 10.6 Å². The predicted octanol–water partition coefficient (Wildman–Crippen LogP) is 5.16. The fraction of sp³-hybridized carbons (Fsp3) is 0.259. The zero-order valence-electron chi connectivity index (χ0n) is 20.2. The number of rotatable bonds is 4. The zero-order valence-corrected chi connectivity index (χ0v) is 21.0. The number of anilines is 1. The van der Waals surface area contributed by atoms with Crippen LogP contribution in [0, 0.1) is 6.92 Å². The number of hydrogen-bond acceptors (Lipinski definition) is 7. The SMILES string of the molecule is COC(=O)c1sc(N2C(=O)C(=O)/C(=C(/O)c3ccccc3)C2c2ccc(C(C)(C)C)cc2)nc1C. The molecule has 0 radical (unpaired) electrons. The van der Waals surface area contributed by atoms with E-state index < -0.39 is 23.7 Å². The fourth-order valence-electron chi connectivity index (χ4n) is 4.03. The van der Waals surface area contributed by atoms with Crippen LogP contribution in [0.1, 0.15) is 58.9 Å². The molecule has 1 fully saturated rings. The molecular formula is C27H26N2O5S. The second-order valence-corrected chi connectivity index (χ2v) is 10.3. The number of ketones is 1. The van der Waals surface area contributed by atoms with Crippen LogP contribution in [0.15, 0.2) is 60.2 Å². The third-order valence-corrected chi connectivity index (χ3v) is 7.08. The van der Waals surface area contributed by atoms with Gasteiger partial charge in [0.2, 0.25) is 0 Å². The Morgan fingerprint density at radius 2 is 1.69 bits per heavy atom. The first-order valence-corrected chi connectivity index (χ1v) is 11.9. The van der Waals surface area contributed by atoms with Crippen molar-refractivity contribution in [2.75, 3.05) is 12.0 Å². The number of benzene rings is 2. The molecule has 180 valence electrons. The van der Waals surface area contributed by atoms with Gasteiger partial charge < -0.3 is 9.84 Å². The molecule has 3 aromatic rings. The summed E-state index contributed by atoms with van der Waals surface area (Å²) in [4.78, 5) is 44.7. The van der Waals surface area contributed by atoms with Gasteiger partial charge in [0.15, 0.2) is 5.13 Å². The highest BCUT2D eigenvalue weighted by Gasteiger charge is 2.48. The first-order valence-electron chi connectivity index (χ1n) is 11.1. The van der Waals surface area contributed by atoms with Gasteiger partial charge in [-0.05, 0) is 23.5 Å². The van der Waals surface area contributed by atoms with Crippen LogP contribution in [0.2, 0.25) is 0 Å². The fourth-order valence-corrected chi connectivity index (χ4v) is 5.04. The molecule has 7 nitrogen and oxygen atoms in total. The summed E-state index contributed by atoms with van der Waals surface area (Å²) in [6, 6.07) is 15.3. The summed E-state index contributed by atoms with van der Waals surface area (Å²) in [5.41, 5.74) is 2.42. The van der Waals surface area contributed by atoms with E-state index in [1.54, 1.807) is 37.3 Å². The zero-order chi connectivity index (χ0) is 25.5. The first kappa shape index (κ1) is 24.3. The van der Waals surface area contributed by atoms with Crippen molar-refractivity contribution in [2.24, 2.45) is 0 Å². The van der Waals surface area contributed by atoms with E-state index in [1.807, 2.05) is 24.3 Å². The molecule has 0 bridgehead atoms. The quantitative estimate of drug-likeness (QED) is 0.235. The maximum absolute atomic E-state index is 13.3. The monoisotopic (exact) mass is 490 g/mol. The summed E-state index contributed by atoms with van der Waals surface area (Å²) in [5.74, 6) is -2.47. The number of hydrogen-bond donors (Lipinski definition) is 1. The molecule has 1 unspecified atom stereocenters. The van der Waals surface area contributed by atoms with Gasteiger partial charge in [-0.2, -0.15) is 0 Å². The average molecular weight is 491 g/mol. The Morgan fingerprint density at radius 1 is 1.06 bits per heavy atom. The van der Waals surface area contributed by atoms with E-state index in [-0.39, 0.29) is 26.8 Å². The van der Waals surface area contributed by atoms with E-state index in [0.717, 1.165) is 16.9 Å². The molecule has 35 heavy (non-hydrogen) atoms. The minimum atomic E-state index is -0.916. The standard InChI is InChI=1S/C27H26N2O5S/c1-15-23(25(33)34-5)35-26(28-15)29-20(16-11-13-18(14-12-16)27(2,3)4)19(22(31)24(29)32)21(30)17-9-7-6-8-10-17/h6-14,20,30H,1-5H3/b21-19+. The maximum atomic E-state index is 13.3. The minimum absolute atomic E-state index is 0.0304. The Kier molecular flexibility index (Phi) is 6.34. The summed E-state index contributed by atoms with van der Waals surface area (Å²) in [6.45, 7) is 7.92. The van der Waals surface area contributed by atoms with Gasteiger partial charge in [0.25, 0.3) is 5.78 Å². The van der Waals surface area contributed by atoms with Crippen molar-refractivity contribution in [3.63, 3.8) is 0 Å². The lowest BCUT2D eigenvalue weighted by Crippen LogP contribution is -2.29.